The van der Waals surface area contributed by atoms with E-state index in [0.717, 1.165) is 0 Å². The molecule has 9 atom stereocenters. The van der Waals surface area contributed by atoms with Gasteiger partial charge in [-0.05, 0) is 38.8 Å². The van der Waals surface area contributed by atoms with Gasteiger partial charge in [-0.25, -0.2) is 4.79 Å². The zero-order chi connectivity index (χ0) is 27.9. The van der Waals surface area contributed by atoms with E-state index in [-0.39, 0.29) is 30.6 Å². The van der Waals surface area contributed by atoms with Crippen molar-refractivity contribution in [1.82, 2.24) is 0 Å². The third-order valence-corrected chi connectivity index (χ3v) is 9.69. The van der Waals surface area contributed by atoms with Gasteiger partial charge in [0.15, 0.2) is 11.4 Å². The molecule has 1 aliphatic heterocycles. The molecule has 3 aliphatic carbocycles. The van der Waals surface area contributed by atoms with Crippen molar-refractivity contribution >= 4 is 17.7 Å². The fraction of sp³-hybridized carbons (Fsp3) is 0.741. The number of hydrogen-bond donors (Lipinski definition) is 4. The van der Waals surface area contributed by atoms with Crippen LogP contribution in [0.15, 0.2) is 22.8 Å². The Morgan fingerprint density at radius 2 is 1.76 bits per heavy atom. The predicted octanol–water partition coefficient (Wildman–Crippen LogP) is 0.734. The first-order valence-electron chi connectivity index (χ1n) is 12.7. The molecule has 0 spiro atoms. The molecule has 1 saturated heterocycles. The molecule has 10 heteroatoms. The van der Waals surface area contributed by atoms with E-state index >= 15 is 0 Å². The Kier molecular flexibility index (Phi) is 6.57. The van der Waals surface area contributed by atoms with Gasteiger partial charge in [-0.2, -0.15) is 0 Å². The fourth-order valence-electron chi connectivity index (χ4n) is 7.23. The van der Waals surface area contributed by atoms with Gasteiger partial charge in [0.25, 0.3) is 0 Å². The summed E-state index contributed by atoms with van der Waals surface area (Å²) in [6.45, 7) is 10.5. The van der Waals surface area contributed by atoms with Crippen LogP contribution in [0.25, 0.3) is 0 Å². The van der Waals surface area contributed by atoms with Gasteiger partial charge in [-0.3, -0.25) is 9.59 Å². The van der Waals surface area contributed by atoms with Crippen LogP contribution >= 0.6 is 0 Å². The monoisotopic (exact) mass is 522 g/mol. The first kappa shape index (κ1) is 27.9. The summed E-state index contributed by atoms with van der Waals surface area (Å²) >= 11 is 0. The maximum absolute atomic E-state index is 14.2. The second-order valence-electron chi connectivity index (χ2n) is 11.8. The molecule has 4 aliphatic rings. The van der Waals surface area contributed by atoms with Gasteiger partial charge in [-0.1, -0.05) is 19.9 Å². The lowest BCUT2D eigenvalue weighted by Crippen LogP contribution is -2.81. The summed E-state index contributed by atoms with van der Waals surface area (Å²) in [6.07, 6.45) is -5.61. The average Bonchev–Trinajstić information content (AvgIpc) is 2.80. The van der Waals surface area contributed by atoms with Gasteiger partial charge in [-0.15, -0.1) is 0 Å². The zero-order valence-corrected chi connectivity index (χ0v) is 22.4. The largest absolute Gasteiger partial charge is 0.455 e. The molecule has 37 heavy (non-hydrogen) atoms. The Labute approximate surface area is 216 Å². The van der Waals surface area contributed by atoms with Gasteiger partial charge < -0.3 is 34.6 Å². The van der Waals surface area contributed by atoms with Crippen LogP contribution < -0.4 is 0 Å². The second-order valence-corrected chi connectivity index (χ2v) is 11.8. The van der Waals surface area contributed by atoms with Crippen LogP contribution in [0.5, 0.6) is 0 Å². The van der Waals surface area contributed by atoms with Crippen LogP contribution in [-0.4, -0.2) is 86.5 Å². The van der Waals surface area contributed by atoms with Crippen LogP contribution in [0, 0.1) is 16.7 Å². The van der Waals surface area contributed by atoms with Crippen molar-refractivity contribution in [3.05, 3.63) is 22.8 Å². The molecule has 0 aromatic heterocycles. The highest BCUT2D eigenvalue weighted by Gasteiger charge is 2.77. The lowest BCUT2D eigenvalue weighted by Gasteiger charge is -2.67. The Hall–Kier alpha value is -2.11. The van der Waals surface area contributed by atoms with Gasteiger partial charge in [0.1, 0.15) is 23.9 Å². The number of aliphatic hydroxyl groups excluding tert-OH is 3. The molecule has 2 bridgehead atoms. The minimum Gasteiger partial charge on any atom is -0.455 e. The predicted molar refractivity (Wildman–Crippen MR) is 129 cm³/mol. The highest BCUT2D eigenvalue weighted by Crippen LogP contribution is 2.63. The minimum absolute atomic E-state index is 0.0736. The summed E-state index contributed by atoms with van der Waals surface area (Å²) in [6, 6.07) is 0. The number of ether oxygens (including phenoxy) is 3. The highest BCUT2D eigenvalue weighted by molar-refractivity contribution is 5.94. The summed E-state index contributed by atoms with van der Waals surface area (Å²) in [4.78, 5) is 39.8. The topological polar surface area (TPSA) is 160 Å². The van der Waals surface area contributed by atoms with Gasteiger partial charge in [0.2, 0.25) is 0 Å². The number of allylic oxidation sites excluding steroid dienone is 1. The van der Waals surface area contributed by atoms with Crippen molar-refractivity contribution < 1.29 is 49.0 Å². The van der Waals surface area contributed by atoms with Crippen LogP contribution in [0.4, 0.5) is 0 Å². The zero-order valence-electron chi connectivity index (χ0n) is 22.4. The highest BCUT2D eigenvalue weighted by atomic mass is 16.6. The lowest BCUT2D eigenvalue weighted by molar-refractivity contribution is -0.347. The molecule has 0 aromatic rings. The SMILES string of the molecule is C/C=C(\C)C(=O)O[C@H]1[C@@H]2[C@]3(OC(C)=O)CO[C@@H]3C[C@@H](O)[C@@]2(C)C(=O)[C@H](O)C2=C(C)[C@@H](O)C[C@]1(O)C2(C)C. The summed E-state index contributed by atoms with van der Waals surface area (Å²) in [7, 11) is 0. The maximum Gasteiger partial charge on any atom is 0.333 e. The number of esters is 2. The van der Waals surface area contributed by atoms with Crippen molar-refractivity contribution in [2.45, 2.75) is 103 Å². The van der Waals surface area contributed by atoms with Crippen LogP contribution in [0.2, 0.25) is 0 Å². The number of hydrogen-bond acceptors (Lipinski definition) is 10. The number of carbonyl (C=O) groups excluding carboxylic acids is 3. The first-order valence-corrected chi connectivity index (χ1v) is 12.7. The van der Waals surface area contributed by atoms with Crippen LogP contribution in [0.1, 0.15) is 61.3 Å². The standard InChI is InChI=1S/C27H38O10/c1-8-12(2)23(33)36-22-20-25(7,16(30)9-17-26(20,11-35-17)37-14(4)28)21(32)19(31)18-13(3)15(29)10-27(22,34)24(18,5)6/h8,15-17,19-20,22,29-31,34H,9-11H2,1-7H3/b12-8+/t15-,16+,17+,19+,20-,22-,25+,26-,27+/m0/s1. The maximum atomic E-state index is 14.2. The van der Waals surface area contributed by atoms with Gasteiger partial charge >= 0.3 is 11.9 Å². The van der Waals surface area contributed by atoms with E-state index in [4.69, 9.17) is 14.2 Å². The average molecular weight is 523 g/mol. The molecule has 0 aromatic carbocycles. The normalized spacial score (nSPS) is 45.1. The van der Waals surface area contributed by atoms with Crippen molar-refractivity contribution in [2.24, 2.45) is 16.7 Å². The van der Waals surface area contributed by atoms with E-state index < -0.39 is 76.2 Å². The molecular formula is C27H38O10. The molecule has 3 fully saturated rings. The Morgan fingerprint density at radius 3 is 2.27 bits per heavy atom. The fourth-order valence-corrected chi connectivity index (χ4v) is 7.23. The van der Waals surface area contributed by atoms with Crippen LogP contribution in [-0.2, 0) is 28.6 Å². The van der Waals surface area contributed by atoms with Crippen LogP contribution in [0.3, 0.4) is 0 Å². The van der Waals surface area contributed by atoms with E-state index in [1.807, 2.05) is 0 Å². The third kappa shape index (κ3) is 3.52. The lowest BCUT2D eigenvalue weighted by atomic mass is 9.44. The smallest absolute Gasteiger partial charge is 0.333 e. The molecule has 0 unspecified atom stereocenters. The number of Topliss-reactive ketones (excluding diaryl/α,β-unsaturated/α-hetero) is 1. The molecule has 4 rings (SSSR count). The quantitative estimate of drug-likeness (QED) is 0.236. The number of carbonyl (C=O) groups is 3. The molecule has 10 nitrogen and oxygen atoms in total. The third-order valence-electron chi connectivity index (χ3n) is 9.69. The molecule has 2 saturated carbocycles. The van der Waals surface area contributed by atoms with E-state index in [9.17, 15) is 34.8 Å². The molecule has 206 valence electrons. The Morgan fingerprint density at radius 1 is 1.14 bits per heavy atom. The second kappa shape index (κ2) is 8.71. The first-order chi connectivity index (χ1) is 17.0. The molecule has 0 radical (unpaired) electrons. The molecular weight excluding hydrogens is 484 g/mol. The van der Waals surface area contributed by atoms with Crippen molar-refractivity contribution in [1.29, 1.82) is 0 Å². The van der Waals surface area contributed by atoms with E-state index in [2.05, 4.69) is 0 Å². The number of fused-ring (bicyclic) bond motifs is 5. The van der Waals surface area contributed by atoms with Crippen molar-refractivity contribution in [3.8, 4) is 0 Å². The Balaban J connectivity index is 2.09. The number of rotatable bonds is 3. The Bertz CT molecular complexity index is 1090. The summed E-state index contributed by atoms with van der Waals surface area (Å²) in [5.41, 5.74) is -6.08. The van der Waals surface area contributed by atoms with E-state index in [1.54, 1.807) is 27.7 Å². The van der Waals surface area contributed by atoms with Gasteiger partial charge in [0, 0.05) is 30.8 Å². The van der Waals surface area contributed by atoms with Gasteiger partial charge in [0.05, 0.1) is 30.1 Å². The summed E-state index contributed by atoms with van der Waals surface area (Å²) in [5.74, 6) is -3.53. The summed E-state index contributed by atoms with van der Waals surface area (Å²) < 4.78 is 17.6. The molecule has 1 heterocycles. The van der Waals surface area contributed by atoms with Crippen molar-refractivity contribution in [2.75, 3.05) is 6.61 Å². The number of ketones is 1. The minimum atomic E-state index is -2.04. The van der Waals surface area contributed by atoms with E-state index in [0.29, 0.717) is 5.57 Å². The van der Waals surface area contributed by atoms with E-state index in [1.165, 1.54) is 26.8 Å². The molecule has 4 N–H and O–H groups in total. The molecule has 0 amide bonds. The summed E-state index contributed by atoms with van der Waals surface area (Å²) in [5, 5.41) is 46.4. The number of aliphatic hydroxyl groups is 4. The van der Waals surface area contributed by atoms with Crippen molar-refractivity contribution in [3.63, 3.8) is 0 Å².